The zero-order chi connectivity index (χ0) is 19.3. The normalized spacial score (nSPS) is 19.2. The van der Waals surface area contributed by atoms with Crippen LogP contribution in [0.2, 0.25) is 0 Å². The van der Waals surface area contributed by atoms with Crippen molar-refractivity contribution in [2.75, 3.05) is 33.4 Å². The Morgan fingerprint density at radius 2 is 2.00 bits per heavy atom. The third kappa shape index (κ3) is 2.77. The number of hydrogen-bond donors (Lipinski definition) is 0. The van der Waals surface area contributed by atoms with Crippen molar-refractivity contribution in [1.82, 2.24) is 29.5 Å². The lowest BCUT2D eigenvalue weighted by atomic mass is 10.0. The van der Waals surface area contributed by atoms with Crippen molar-refractivity contribution >= 4 is 5.52 Å². The van der Waals surface area contributed by atoms with E-state index in [1.165, 1.54) is 17.8 Å². The van der Waals surface area contributed by atoms with Crippen LogP contribution in [0.25, 0.3) is 16.8 Å². The predicted octanol–water partition coefficient (Wildman–Crippen LogP) is 2.08. The second-order valence-corrected chi connectivity index (χ2v) is 7.51. The molecule has 3 aromatic heterocycles. The van der Waals surface area contributed by atoms with E-state index in [1.807, 2.05) is 11.6 Å². The third-order valence-electron chi connectivity index (χ3n) is 5.93. The zero-order valence-corrected chi connectivity index (χ0v) is 16.0. The molecule has 2 saturated heterocycles. The summed E-state index contributed by atoms with van der Waals surface area (Å²) in [6.45, 7) is 5.85. The lowest BCUT2D eigenvalue weighted by molar-refractivity contribution is -0.0735. The monoisotopic (exact) mass is 386 g/mol. The molecule has 3 aromatic rings. The van der Waals surface area contributed by atoms with E-state index in [0.29, 0.717) is 23.3 Å². The summed E-state index contributed by atoms with van der Waals surface area (Å²) < 4.78 is 28.2. The molecule has 148 valence electrons. The molecular formula is C19H23FN6O2. The predicted molar refractivity (Wildman–Crippen MR) is 99.9 cm³/mol. The van der Waals surface area contributed by atoms with Gasteiger partial charge in [-0.15, -0.1) is 5.10 Å². The molecule has 0 amide bonds. The van der Waals surface area contributed by atoms with Gasteiger partial charge < -0.3 is 9.47 Å². The SMILES string of the molecule is COc1cc(-c2nnn(C3CCN(C4COC4)CC3)c2C)cn2ncc(F)c12. The standard InChI is InChI=1S/C19H23FN6O2/c1-12-18(13-7-17(27-2)19-16(20)8-21-25(19)9-13)22-23-26(12)14-3-5-24(6-4-14)15-10-28-11-15/h7-9,14-15H,3-6,10-11H2,1-2H3. The highest BCUT2D eigenvalue weighted by Gasteiger charge is 2.31. The van der Waals surface area contributed by atoms with Crippen LogP contribution in [0.5, 0.6) is 5.75 Å². The number of piperidine rings is 1. The van der Waals surface area contributed by atoms with Gasteiger partial charge in [0.2, 0.25) is 0 Å². The van der Waals surface area contributed by atoms with Crippen LogP contribution in [0, 0.1) is 12.7 Å². The van der Waals surface area contributed by atoms with Crippen LogP contribution in [0.3, 0.4) is 0 Å². The van der Waals surface area contributed by atoms with Gasteiger partial charge in [-0.05, 0) is 25.8 Å². The first kappa shape index (κ1) is 17.6. The summed E-state index contributed by atoms with van der Waals surface area (Å²) in [6, 6.07) is 2.72. The fourth-order valence-corrected chi connectivity index (χ4v) is 4.22. The summed E-state index contributed by atoms with van der Waals surface area (Å²) in [7, 11) is 1.52. The van der Waals surface area contributed by atoms with E-state index in [9.17, 15) is 4.39 Å². The van der Waals surface area contributed by atoms with E-state index in [0.717, 1.165) is 56.1 Å². The Balaban J connectivity index is 1.42. The minimum Gasteiger partial charge on any atom is -0.494 e. The molecule has 8 nitrogen and oxygen atoms in total. The van der Waals surface area contributed by atoms with Crippen LogP contribution < -0.4 is 4.74 Å². The van der Waals surface area contributed by atoms with Crippen LogP contribution in [0.1, 0.15) is 24.6 Å². The largest absolute Gasteiger partial charge is 0.494 e. The molecule has 0 unspecified atom stereocenters. The molecule has 9 heteroatoms. The molecule has 2 aliphatic heterocycles. The minimum atomic E-state index is -0.410. The molecule has 0 bridgehead atoms. The Hall–Kier alpha value is -2.52. The Kier molecular flexibility index (Phi) is 4.28. The van der Waals surface area contributed by atoms with Crippen molar-refractivity contribution in [3.8, 4) is 17.0 Å². The molecule has 2 aliphatic rings. The lowest BCUT2D eigenvalue weighted by Crippen LogP contribution is -2.52. The number of hydrogen-bond acceptors (Lipinski definition) is 6. The second-order valence-electron chi connectivity index (χ2n) is 7.51. The number of fused-ring (bicyclic) bond motifs is 1. The number of methoxy groups -OCH3 is 1. The Morgan fingerprint density at radius 3 is 2.68 bits per heavy atom. The number of nitrogens with zero attached hydrogens (tertiary/aromatic N) is 6. The summed E-state index contributed by atoms with van der Waals surface area (Å²) in [5.41, 5.74) is 2.90. The topological polar surface area (TPSA) is 69.7 Å². The maximum absolute atomic E-state index is 14.0. The lowest BCUT2D eigenvalue weighted by Gasteiger charge is -2.41. The number of pyridine rings is 1. The van der Waals surface area contributed by atoms with Crippen molar-refractivity contribution in [2.24, 2.45) is 0 Å². The molecule has 5 heterocycles. The molecule has 28 heavy (non-hydrogen) atoms. The molecular weight excluding hydrogens is 363 g/mol. The summed E-state index contributed by atoms with van der Waals surface area (Å²) in [4.78, 5) is 2.51. The Bertz CT molecular complexity index is 1000. The zero-order valence-electron chi connectivity index (χ0n) is 16.0. The van der Waals surface area contributed by atoms with Gasteiger partial charge >= 0.3 is 0 Å². The molecule has 0 saturated carbocycles. The summed E-state index contributed by atoms with van der Waals surface area (Å²) in [6.07, 6.45) is 5.05. The average Bonchev–Trinajstić information content (AvgIpc) is 3.23. The molecule has 0 aliphatic carbocycles. The van der Waals surface area contributed by atoms with E-state index in [2.05, 4.69) is 20.3 Å². The maximum Gasteiger partial charge on any atom is 0.172 e. The first-order chi connectivity index (χ1) is 13.7. The van der Waals surface area contributed by atoms with Gasteiger partial charge in [0.05, 0.1) is 44.3 Å². The van der Waals surface area contributed by atoms with Crippen LogP contribution in [-0.2, 0) is 4.74 Å². The van der Waals surface area contributed by atoms with Gasteiger partial charge in [0.1, 0.15) is 17.0 Å². The molecule has 0 N–H and O–H groups in total. The summed E-state index contributed by atoms with van der Waals surface area (Å²) in [5.74, 6) is 0.0184. The van der Waals surface area contributed by atoms with E-state index in [4.69, 9.17) is 9.47 Å². The van der Waals surface area contributed by atoms with Gasteiger partial charge in [-0.2, -0.15) is 5.10 Å². The van der Waals surface area contributed by atoms with Crippen molar-refractivity contribution in [1.29, 1.82) is 0 Å². The van der Waals surface area contributed by atoms with Crippen molar-refractivity contribution in [3.63, 3.8) is 0 Å². The van der Waals surface area contributed by atoms with Gasteiger partial charge in [0.25, 0.3) is 0 Å². The van der Waals surface area contributed by atoms with Gasteiger partial charge in [-0.1, -0.05) is 5.21 Å². The van der Waals surface area contributed by atoms with Crippen molar-refractivity contribution in [2.45, 2.75) is 31.8 Å². The highest BCUT2D eigenvalue weighted by atomic mass is 19.1. The number of rotatable bonds is 4. The molecule has 5 rings (SSSR count). The van der Waals surface area contributed by atoms with E-state index >= 15 is 0 Å². The maximum atomic E-state index is 14.0. The smallest absolute Gasteiger partial charge is 0.172 e. The quantitative estimate of drug-likeness (QED) is 0.684. The van der Waals surface area contributed by atoms with E-state index in [-0.39, 0.29) is 0 Å². The molecule has 0 aromatic carbocycles. The summed E-state index contributed by atoms with van der Waals surface area (Å²) in [5, 5.41) is 12.9. The van der Waals surface area contributed by atoms with Crippen molar-refractivity contribution in [3.05, 3.63) is 30.0 Å². The highest BCUT2D eigenvalue weighted by Crippen LogP contribution is 2.32. The number of halogens is 1. The van der Waals surface area contributed by atoms with Crippen LogP contribution in [0.15, 0.2) is 18.5 Å². The fraction of sp³-hybridized carbons (Fsp3) is 0.526. The third-order valence-corrected chi connectivity index (χ3v) is 5.93. The van der Waals surface area contributed by atoms with E-state index < -0.39 is 5.82 Å². The van der Waals surface area contributed by atoms with Gasteiger partial charge in [-0.25, -0.2) is 13.6 Å². The second kappa shape index (κ2) is 6.82. The highest BCUT2D eigenvalue weighted by molar-refractivity contribution is 5.70. The number of likely N-dealkylation sites (tertiary alicyclic amines) is 1. The van der Waals surface area contributed by atoms with Gasteiger partial charge in [0, 0.05) is 24.8 Å². The summed E-state index contributed by atoms with van der Waals surface area (Å²) >= 11 is 0. The fourth-order valence-electron chi connectivity index (χ4n) is 4.22. The van der Waals surface area contributed by atoms with Crippen LogP contribution in [-0.4, -0.2) is 69.0 Å². The Labute approximate surface area is 161 Å². The molecule has 2 fully saturated rings. The van der Waals surface area contributed by atoms with Crippen molar-refractivity contribution < 1.29 is 13.9 Å². The van der Waals surface area contributed by atoms with Gasteiger partial charge in [-0.3, -0.25) is 4.90 Å². The van der Waals surface area contributed by atoms with Gasteiger partial charge in [0.15, 0.2) is 5.82 Å². The minimum absolute atomic E-state index is 0.323. The van der Waals surface area contributed by atoms with Crippen LogP contribution >= 0.6 is 0 Å². The first-order valence-corrected chi connectivity index (χ1v) is 9.60. The van der Waals surface area contributed by atoms with Crippen LogP contribution in [0.4, 0.5) is 4.39 Å². The molecule has 0 radical (unpaired) electrons. The molecule has 0 atom stereocenters. The average molecular weight is 386 g/mol. The first-order valence-electron chi connectivity index (χ1n) is 9.60. The Morgan fingerprint density at radius 1 is 1.21 bits per heavy atom. The van der Waals surface area contributed by atoms with E-state index in [1.54, 1.807) is 12.3 Å². The number of ether oxygens (including phenoxy) is 2. The molecule has 0 spiro atoms. The number of aromatic nitrogens is 5.